The molecular formula is C13H21NO. The molecule has 84 valence electrons. The molecule has 0 N–H and O–H groups in total. The molecule has 15 heavy (non-hydrogen) atoms. The topological polar surface area (TPSA) is 22.1 Å². The number of hydrogen-bond donors (Lipinski definition) is 0. The van der Waals surface area contributed by atoms with Gasteiger partial charge in [0.1, 0.15) is 5.60 Å². The molecule has 0 aliphatic rings. The van der Waals surface area contributed by atoms with E-state index >= 15 is 0 Å². The van der Waals surface area contributed by atoms with Gasteiger partial charge in [0.05, 0.1) is 5.69 Å². The molecule has 0 aliphatic heterocycles. The van der Waals surface area contributed by atoms with E-state index in [4.69, 9.17) is 4.74 Å². The summed E-state index contributed by atoms with van der Waals surface area (Å²) in [7, 11) is 0. The third kappa shape index (κ3) is 2.78. The average molecular weight is 207 g/mol. The Kier molecular flexibility index (Phi) is 4.76. The number of pyridine rings is 1. The van der Waals surface area contributed by atoms with Crippen LogP contribution in [0.1, 0.15) is 45.7 Å². The molecule has 0 radical (unpaired) electrons. The monoisotopic (exact) mass is 207 g/mol. The fraction of sp³-hybridized carbons (Fsp3) is 0.615. The maximum atomic E-state index is 6.00. The third-order valence-corrected chi connectivity index (χ3v) is 2.86. The predicted octanol–water partition coefficient (Wildman–Crippen LogP) is 3.52. The molecule has 0 bridgehead atoms. The molecule has 1 heterocycles. The van der Waals surface area contributed by atoms with E-state index in [-0.39, 0.29) is 5.60 Å². The fourth-order valence-corrected chi connectivity index (χ4v) is 1.82. The van der Waals surface area contributed by atoms with Crippen molar-refractivity contribution in [3.63, 3.8) is 0 Å². The Morgan fingerprint density at radius 3 is 2.40 bits per heavy atom. The van der Waals surface area contributed by atoms with Crippen molar-refractivity contribution in [2.45, 2.75) is 45.6 Å². The highest BCUT2D eigenvalue weighted by Gasteiger charge is 2.30. The van der Waals surface area contributed by atoms with E-state index in [2.05, 4.69) is 31.8 Å². The van der Waals surface area contributed by atoms with E-state index in [1.807, 2.05) is 18.3 Å². The van der Waals surface area contributed by atoms with Crippen LogP contribution in [0.25, 0.3) is 0 Å². The molecule has 0 unspecified atom stereocenters. The van der Waals surface area contributed by atoms with Crippen molar-refractivity contribution in [1.82, 2.24) is 4.98 Å². The molecular weight excluding hydrogens is 186 g/mol. The molecule has 2 heteroatoms. The SMILES string of the molecule is CCCOC(CC)(CC)c1ccccn1. The maximum Gasteiger partial charge on any atom is 0.109 e. The second-order valence-corrected chi connectivity index (χ2v) is 3.76. The van der Waals surface area contributed by atoms with Gasteiger partial charge in [-0.1, -0.05) is 26.8 Å². The van der Waals surface area contributed by atoms with Crippen molar-refractivity contribution in [2.75, 3.05) is 6.61 Å². The number of hydrogen-bond acceptors (Lipinski definition) is 2. The molecule has 0 saturated carbocycles. The molecule has 0 fully saturated rings. The van der Waals surface area contributed by atoms with E-state index in [1.54, 1.807) is 0 Å². The van der Waals surface area contributed by atoms with Crippen LogP contribution in [0.2, 0.25) is 0 Å². The first-order valence-corrected chi connectivity index (χ1v) is 5.84. The second-order valence-electron chi connectivity index (χ2n) is 3.76. The van der Waals surface area contributed by atoms with Crippen LogP contribution in [-0.2, 0) is 10.3 Å². The van der Waals surface area contributed by atoms with Gasteiger partial charge < -0.3 is 4.74 Å². The lowest BCUT2D eigenvalue weighted by Gasteiger charge is -2.31. The van der Waals surface area contributed by atoms with Gasteiger partial charge in [-0.3, -0.25) is 4.98 Å². The predicted molar refractivity (Wildman–Crippen MR) is 62.7 cm³/mol. The van der Waals surface area contributed by atoms with E-state index in [1.165, 1.54) is 0 Å². The van der Waals surface area contributed by atoms with E-state index in [9.17, 15) is 0 Å². The molecule has 1 rings (SSSR count). The number of ether oxygens (including phenoxy) is 1. The van der Waals surface area contributed by atoms with Gasteiger partial charge >= 0.3 is 0 Å². The third-order valence-electron chi connectivity index (χ3n) is 2.86. The first-order chi connectivity index (χ1) is 7.29. The molecule has 0 saturated heterocycles. The zero-order valence-electron chi connectivity index (χ0n) is 9.99. The van der Waals surface area contributed by atoms with Gasteiger partial charge in [-0.15, -0.1) is 0 Å². The molecule has 0 aliphatic carbocycles. The summed E-state index contributed by atoms with van der Waals surface area (Å²) in [6, 6.07) is 6.03. The summed E-state index contributed by atoms with van der Waals surface area (Å²) >= 11 is 0. The molecule has 0 aromatic carbocycles. The number of nitrogens with zero attached hydrogens (tertiary/aromatic N) is 1. The zero-order chi connectivity index (χ0) is 11.1. The molecule has 1 aromatic heterocycles. The van der Waals surface area contributed by atoms with Gasteiger partial charge in [0.15, 0.2) is 0 Å². The lowest BCUT2D eigenvalue weighted by atomic mass is 9.92. The minimum absolute atomic E-state index is 0.183. The first-order valence-electron chi connectivity index (χ1n) is 5.84. The highest BCUT2D eigenvalue weighted by molar-refractivity contribution is 5.13. The van der Waals surface area contributed by atoms with E-state index < -0.39 is 0 Å². The van der Waals surface area contributed by atoms with Gasteiger partial charge in [-0.25, -0.2) is 0 Å². The smallest absolute Gasteiger partial charge is 0.109 e. The number of aromatic nitrogens is 1. The highest BCUT2D eigenvalue weighted by Crippen LogP contribution is 2.31. The van der Waals surface area contributed by atoms with Crippen molar-refractivity contribution in [3.8, 4) is 0 Å². The van der Waals surface area contributed by atoms with Crippen LogP contribution in [-0.4, -0.2) is 11.6 Å². The molecule has 0 spiro atoms. The summed E-state index contributed by atoms with van der Waals surface area (Å²) < 4.78 is 6.00. The van der Waals surface area contributed by atoms with E-state index in [0.29, 0.717) is 0 Å². The van der Waals surface area contributed by atoms with Gasteiger partial charge in [-0.05, 0) is 31.4 Å². The largest absolute Gasteiger partial charge is 0.369 e. The molecule has 2 nitrogen and oxygen atoms in total. The molecule has 1 aromatic rings. The Bertz CT molecular complexity index is 267. The summed E-state index contributed by atoms with van der Waals surface area (Å²) in [6.45, 7) is 7.26. The minimum Gasteiger partial charge on any atom is -0.369 e. The standard InChI is InChI=1S/C13H21NO/c1-4-11-15-13(5-2,6-3)12-9-7-8-10-14-12/h7-10H,4-6,11H2,1-3H3. The zero-order valence-corrected chi connectivity index (χ0v) is 9.99. The summed E-state index contributed by atoms with van der Waals surface area (Å²) in [6.07, 6.45) is 4.83. The number of rotatable bonds is 6. The quantitative estimate of drug-likeness (QED) is 0.712. The van der Waals surface area contributed by atoms with Crippen LogP contribution in [0.3, 0.4) is 0 Å². The van der Waals surface area contributed by atoms with Gasteiger partial charge in [-0.2, -0.15) is 0 Å². The average Bonchev–Trinajstić information content (AvgIpc) is 2.33. The van der Waals surface area contributed by atoms with Gasteiger partial charge in [0.25, 0.3) is 0 Å². The minimum atomic E-state index is -0.183. The molecule has 0 amide bonds. The van der Waals surface area contributed by atoms with Crippen molar-refractivity contribution < 1.29 is 4.74 Å². The first kappa shape index (κ1) is 12.2. The van der Waals surface area contributed by atoms with Crippen molar-refractivity contribution in [1.29, 1.82) is 0 Å². The van der Waals surface area contributed by atoms with Crippen molar-refractivity contribution in [3.05, 3.63) is 30.1 Å². The Morgan fingerprint density at radius 1 is 1.20 bits per heavy atom. The normalized spacial score (nSPS) is 11.7. The van der Waals surface area contributed by atoms with Crippen LogP contribution in [0.5, 0.6) is 0 Å². The summed E-state index contributed by atoms with van der Waals surface area (Å²) in [5.74, 6) is 0. The lowest BCUT2D eigenvalue weighted by Crippen LogP contribution is -2.29. The summed E-state index contributed by atoms with van der Waals surface area (Å²) in [4.78, 5) is 4.42. The van der Waals surface area contributed by atoms with Crippen LogP contribution in [0.15, 0.2) is 24.4 Å². The van der Waals surface area contributed by atoms with E-state index in [0.717, 1.165) is 31.6 Å². The Morgan fingerprint density at radius 2 is 1.93 bits per heavy atom. The lowest BCUT2D eigenvalue weighted by molar-refractivity contribution is -0.0597. The van der Waals surface area contributed by atoms with Gasteiger partial charge in [0.2, 0.25) is 0 Å². The second kappa shape index (κ2) is 5.86. The molecule has 0 atom stereocenters. The van der Waals surface area contributed by atoms with Crippen LogP contribution >= 0.6 is 0 Å². The van der Waals surface area contributed by atoms with Crippen molar-refractivity contribution in [2.24, 2.45) is 0 Å². The Balaban J connectivity index is 2.89. The van der Waals surface area contributed by atoms with Crippen LogP contribution in [0.4, 0.5) is 0 Å². The Labute approximate surface area is 92.7 Å². The van der Waals surface area contributed by atoms with Crippen LogP contribution in [0, 0.1) is 0 Å². The summed E-state index contributed by atoms with van der Waals surface area (Å²) in [5.41, 5.74) is 0.875. The summed E-state index contributed by atoms with van der Waals surface area (Å²) in [5, 5.41) is 0. The maximum absolute atomic E-state index is 6.00. The van der Waals surface area contributed by atoms with Crippen LogP contribution < -0.4 is 0 Å². The van der Waals surface area contributed by atoms with Crippen molar-refractivity contribution >= 4 is 0 Å². The highest BCUT2D eigenvalue weighted by atomic mass is 16.5. The fourth-order valence-electron chi connectivity index (χ4n) is 1.82. The Hall–Kier alpha value is -0.890. The van der Waals surface area contributed by atoms with Gasteiger partial charge in [0, 0.05) is 12.8 Å².